The van der Waals surface area contributed by atoms with Crippen LogP contribution in [0.2, 0.25) is 5.15 Å². The maximum absolute atomic E-state index is 12.3. The average Bonchev–Trinajstić information content (AvgIpc) is 2.53. The highest BCUT2D eigenvalue weighted by atomic mass is 35.5. The first-order valence-corrected chi connectivity index (χ1v) is 8.09. The predicted octanol–water partition coefficient (Wildman–Crippen LogP) is 0.956. The van der Waals surface area contributed by atoms with E-state index in [-0.39, 0.29) is 11.0 Å². The maximum atomic E-state index is 12.3. The molecule has 0 aliphatic rings. The summed E-state index contributed by atoms with van der Waals surface area (Å²) in [6.07, 6.45) is 0. The highest BCUT2D eigenvalue weighted by Crippen LogP contribution is 2.17. The molecule has 1 aromatic heterocycles. The molecule has 126 valence electrons. The highest BCUT2D eigenvalue weighted by Gasteiger charge is 2.26. The number of halogens is 1. The molecule has 0 bridgehead atoms. The lowest BCUT2D eigenvalue weighted by molar-refractivity contribution is 0.0692. The first kappa shape index (κ1) is 17.6. The predicted molar refractivity (Wildman–Crippen MR) is 81.6 cm³/mol. The van der Waals surface area contributed by atoms with E-state index in [4.69, 9.17) is 21.4 Å². The lowest BCUT2D eigenvalue weighted by Gasteiger charge is -2.09. The second-order valence-electron chi connectivity index (χ2n) is 4.29. The fraction of sp³-hybridized carbons (Fsp3) is 0.0769. The third-order valence-corrected chi connectivity index (χ3v) is 4.30. The van der Waals surface area contributed by atoms with E-state index in [2.05, 4.69) is 9.97 Å². The molecule has 1 heterocycles. The summed E-state index contributed by atoms with van der Waals surface area (Å²) in [5.41, 5.74) is -0.484. The number of aromatic nitrogens is 2. The zero-order valence-electron chi connectivity index (χ0n) is 12.1. The van der Waals surface area contributed by atoms with Crippen LogP contribution in [0.5, 0.6) is 5.88 Å². The molecule has 11 heteroatoms. The van der Waals surface area contributed by atoms with Crippen LogP contribution in [-0.2, 0) is 10.0 Å². The molecule has 2 rings (SSSR count). The number of carboxylic acids is 1. The van der Waals surface area contributed by atoms with Crippen LogP contribution in [0, 0.1) is 0 Å². The highest BCUT2D eigenvalue weighted by molar-refractivity contribution is 7.90. The molecule has 0 saturated carbocycles. The molecule has 0 saturated heterocycles. The summed E-state index contributed by atoms with van der Waals surface area (Å²) in [4.78, 5) is 29.9. The SMILES string of the molecule is COc1cc(Cl)nc(C(=O)NS(=O)(=O)c2ccccc2C(=O)O)n1. The van der Waals surface area contributed by atoms with Crippen LogP contribution in [0.3, 0.4) is 0 Å². The number of hydrogen-bond acceptors (Lipinski definition) is 7. The van der Waals surface area contributed by atoms with Crippen molar-refractivity contribution in [2.75, 3.05) is 7.11 Å². The van der Waals surface area contributed by atoms with Gasteiger partial charge in [0.25, 0.3) is 10.0 Å². The van der Waals surface area contributed by atoms with Gasteiger partial charge in [0.15, 0.2) is 0 Å². The third kappa shape index (κ3) is 3.78. The van der Waals surface area contributed by atoms with Crippen LogP contribution in [0.15, 0.2) is 35.2 Å². The molecule has 0 aliphatic heterocycles. The van der Waals surface area contributed by atoms with E-state index in [0.29, 0.717) is 0 Å². The second kappa shape index (κ2) is 6.81. The minimum Gasteiger partial charge on any atom is -0.481 e. The Kier molecular flexibility index (Phi) is 5.00. The fourth-order valence-electron chi connectivity index (χ4n) is 1.70. The van der Waals surface area contributed by atoms with Gasteiger partial charge in [0, 0.05) is 6.07 Å². The number of amides is 1. The summed E-state index contributed by atoms with van der Waals surface area (Å²) in [5, 5.41) is 8.92. The van der Waals surface area contributed by atoms with Crippen LogP contribution in [0.4, 0.5) is 0 Å². The molecule has 0 unspecified atom stereocenters. The van der Waals surface area contributed by atoms with E-state index in [1.807, 2.05) is 0 Å². The van der Waals surface area contributed by atoms with E-state index in [0.717, 1.165) is 12.1 Å². The van der Waals surface area contributed by atoms with E-state index in [1.54, 1.807) is 4.72 Å². The number of nitrogens with one attached hydrogen (secondary N) is 1. The van der Waals surface area contributed by atoms with E-state index in [9.17, 15) is 18.0 Å². The summed E-state index contributed by atoms with van der Waals surface area (Å²) in [5.74, 6) is -3.22. The molecular weight excluding hydrogens is 362 g/mol. The van der Waals surface area contributed by atoms with Crippen molar-refractivity contribution in [1.29, 1.82) is 0 Å². The normalized spacial score (nSPS) is 10.9. The monoisotopic (exact) mass is 371 g/mol. The van der Waals surface area contributed by atoms with Crippen LogP contribution < -0.4 is 9.46 Å². The summed E-state index contributed by atoms with van der Waals surface area (Å²) < 4.78 is 31.0. The Morgan fingerprint density at radius 2 is 1.92 bits per heavy atom. The maximum Gasteiger partial charge on any atom is 0.337 e. The van der Waals surface area contributed by atoms with Crippen LogP contribution in [0.1, 0.15) is 21.0 Å². The summed E-state index contributed by atoms with van der Waals surface area (Å²) >= 11 is 5.69. The van der Waals surface area contributed by atoms with E-state index >= 15 is 0 Å². The molecular formula is C13H10ClN3O6S. The quantitative estimate of drug-likeness (QED) is 0.741. The molecule has 0 fully saturated rings. The van der Waals surface area contributed by atoms with E-state index in [1.165, 1.54) is 25.3 Å². The van der Waals surface area contributed by atoms with Crippen molar-refractivity contribution in [3.63, 3.8) is 0 Å². The first-order chi connectivity index (χ1) is 11.2. The lowest BCUT2D eigenvalue weighted by Crippen LogP contribution is -2.33. The first-order valence-electron chi connectivity index (χ1n) is 6.22. The Balaban J connectivity index is 2.38. The number of benzene rings is 1. The van der Waals surface area contributed by atoms with Gasteiger partial charge in [-0.2, -0.15) is 4.98 Å². The largest absolute Gasteiger partial charge is 0.481 e. The zero-order valence-corrected chi connectivity index (χ0v) is 13.6. The van der Waals surface area contributed by atoms with E-state index < -0.39 is 38.2 Å². The van der Waals surface area contributed by atoms with Crippen LogP contribution >= 0.6 is 11.6 Å². The van der Waals surface area contributed by atoms with Gasteiger partial charge in [-0.1, -0.05) is 23.7 Å². The van der Waals surface area contributed by atoms with Gasteiger partial charge in [0.05, 0.1) is 12.7 Å². The molecule has 24 heavy (non-hydrogen) atoms. The smallest absolute Gasteiger partial charge is 0.337 e. The summed E-state index contributed by atoms with van der Waals surface area (Å²) in [6.45, 7) is 0. The van der Waals surface area contributed by atoms with Gasteiger partial charge in [-0.3, -0.25) is 4.79 Å². The summed E-state index contributed by atoms with van der Waals surface area (Å²) in [6, 6.07) is 6.06. The number of aromatic carboxylic acids is 1. The minimum atomic E-state index is -4.46. The minimum absolute atomic E-state index is 0.0384. The lowest BCUT2D eigenvalue weighted by atomic mass is 10.2. The topological polar surface area (TPSA) is 136 Å². The number of carboxylic acid groups (broad SMARTS) is 1. The number of carbonyl (C=O) groups excluding carboxylic acids is 1. The Morgan fingerprint density at radius 1 is 1.25 bits per heavy atom. The van der Waals surface area contributed by atoms with Crippen LogP contribution in [-0.4, -0.2) is 42.5 Å². The number of rotatable bonds is 5. The molecule has 0 spiro atoms. The van der Waals surface area contributed by atoms with Gasteiger partial charge >= 0.3 is 11.9 Å². The molecule has 9 nitrogen and oxygen atoms in total. The molecule has 1 amide bonds. The van der Waals surface area contributed by atoms with Crippen molar-refractivity contribution < 1.29 is 27.9 Å². The average molecular weight is 372 g/mol. The number of sulfonamides is 1. The number of methoxy groups -OCH3 is 1. The number of nitrogens with zero attached hydrogens (tertiary/aromatic N) is 2. The standard InChI is InChI=1S/C13H10ClN3O6S/c1-23-10-6-9(14)15-11(16-10)12(18)17-24(21,22)8-5-3-2-4-7(8)13(19)20/h2-6H,1H3,(H,17,18)(H,19,20). The molecule has 2 aromatic rings. The van der Waals surface area contributed by atoms with Crippen molar-refractivity contribution in [3.8, 4) is 5.88 Å². The Labute approximate surface area is 141 Å². The molecule has 0 aliphatic carbocycles. The number of carbonyl (C=O) groups is 2. The Morgan fingerprint density at radius 3 is 2.54 bits per heavy atom. The summed E-state index contributed by atoms with van der Waals surface area (Å²) in [7, 11) is -3.18. The molecule has 0 radical (unpaired) electrons. The van der Waals surface area contributed by atoms with Gasteiger partial charge in [-0.25, -0.2) is 22.9 Å². The Bertz CT molecular complexity index is 916. The van der Waals surface area contributed by atoms with Gasteiger partial charge in [-0.05, 0) is 12.1 Å². The van der Waals surface area contributed by atoms with Crippen molar-refractivity contribution in [2.24, 2.45) is 0 Å². The van der Waals surface area contributed by atoms with Gasteiger partial charge < -0.3 is 9.84 Å². The van der Waals surface area contributed by atoms with Crippen molar-refractivity contribution >= 4 is 33.5 Å². The molecule has 2 N–H and O–H groups in total. The zero-order chi connectivity index (χ0) is 17.9. The second-order valence-corrected chi connectivity index (χ2v) is 6.33. The van der Waals surface area contributed by atoms with Gasteiger partial charge in [0.2, 0.25) is 11.7 Å². The third-order valence-electron chi connectivity index (χ3n) is 2.72. The van der Waals surface area contributed by atoms with Crippen LogP contribution in [0.25, 0.3) is 0 Å². The molecule has 1 aromatic carbocycles. The van der Waals surface area contributed by atoms with Crippen molar-refractivity contribution in [3.05, 3.63) is 46.9 Å². The Hall–Kier alpha value is -2.72. The number of ether oxygens (including phenoxy) is 1. The van der Waals surface area contributed by atoms with Gasteiger partial charge in [-0.15, -0.1) is 0 Å². The van der Waals surface area contributed by atoms with Crippen molar-refractivity contribution in [1.82, 2.24) is 14.7 Å². The fourth-order valence-corrected chi connectivity index (χ4v) is 3.02. The van der Waals surface area contributed by atoms with Gasteiger partial charge in [0.1, 0.15) is 10.0 Å². The number of hydrogen-bond donors (Lipinski definition) is 2. The van der Waals surface area contributed by atoms with Crippen molar-refractivity contribution in [2.45, 2.75) is 4.90 Å². The molecule has 0 atom stereocenters.